The molecular weight excluding hydrogens is 118 g/mol. The molecule has 0 spiro atoms. The Morgan fingerprint density at radius 1 is 1.50 bits per heavy atom. The predicted molar refractivity (Wildman–Crippen MR) is 41.5 cm³/mol. The minimum atomic E-state index is 0.568. The van der Waals surface area contributed by atoms with Crippen LogP contribution in [0.25, 0.3) is 0 Å². The Morgan fingerprint density at radius 3 is 2.00 bits per heavy atom. The van der Waals surface area contributed by atoms with E-state index in [0.717, 1.165) is 5.75 Å². The fourth-order valence-electron chi connectivity index (χ4n) is 0.635. The molecule has 1 unspecified atom stereocenters. The maximum atomic E-state index is 4.17. The molecule has 0 amide bonds. The summed E-state index contributed by atoms with van der Waals surface area (Å²) in [6.45, 7) is 4.38. The van der Waals surface area contributed by atoms with E-state index in [1.54, 1.807) is 0 Å². The monoisotopic (exact) mass is 133 g/mol. The fourth-order valence-corrected chi connectivity index (χ4v) is 1.24. The Hall–Kier alpha value is 0.310. The van der Waals surface area contributed by atoms with Crippen LogP contribution < -0.4 is 5.32 Å². The smallest absolute Gasteiger partial charge is 0.0175 e. The van der Waals surface area contributed by atoms with E-state index < -0.39 is 0 Å². The quantitative estimate of drug-likeness (QED) is 0.551. The summed E-state index contributed by atoms with van der Waals surface area (Å²) in [5.74, 6) is 1.62. The van der Waals surface area contributed by atoms with E-state index in [1.807, 2.05) is 7.05 Å². The van der Waals surface area contributed by atoms with Gasteiger partial charge in [-0.05, 0) is 13.0 Å². The van der Waals surface area contributed by atoms with Crippen molar-refractivity contribution in [1.82, 2.24) is 5.32 Å². The first kappa shape index (κ1) is 8.31. The standard InChI is InChI=1S/C6H15NS/c1-5(2)6(4-8)7-3/h5-8H,4H2,1-3H3. The van der Waals surface area contributed by atoms with Gasteiger partial charge in [-0.2, -0.15) is 12.6 Å². The van der Waals surface area contributed by atoms with Crippen molar-refractivity contribution in [1.29, 1.82) is 0 Å². The zero-order chi connectivity index (χ0) is 6.57. The van der Waals surface area contributed by atoms with Crippen LogP contribution in [-0.4, -0.2) is 18.8 Å². The van der Waals surface area contributed by atoms with E-state index in [0.29, 0.717) is 12.0 Å². The maximum Gasteiger partial charge on any atom is 0.0175 e. The molecule has 0 radical (unpaired) electrons. The van der Waals surface area contributed by atoms with Gasteiger partial charge in [0.05, 0.1) is 0 Å². The molecule has 0 aromatic heterocycles. The number of rotatable bonds is 3. The lowest BCUT2D eigenvalue weighted by Crippen LogP contribution is -2.32. The van der Waals surface area contributed by atoms with E-state index in [4.69, 9.17) is 0 Å². The molecule has 0 aliphatic heterocycles. The molecule has 0 bridgehead atoms. The number of hydrogen-bond donors (Lipinski definition) is 2. The second kappa shape index (κ2) is 4.21. The minimum Gasteiger partial charge on any atom is -0.316 e. The molecule has 0 fully saturated rings. The molecular formula is C6H15NS. The average Bonchev–Trinajstić information content (AvgIpc) is 1.69. The van der Waals surface area contributed by atoms with Crippen molar-refractivity contribution in [3.05, 3.63) is 0 Å². The van der Waals surface area contributed by atoms with Crippen LogP contribution in [0.1, 0.15) is 13.8 Å². The molecule has 0 heterocycles. The van der Waals surface area contributed by atoms with Crippen molar-refractivity contribution < 1.29 is 0 Å². The fraction of sp³-hybridized carbons (Fsp3) is 1.00. The maximum absolute atomic E-state index is 4.17. The predicted octanol–water partition coefficient (Wildman–Crippen LogP) is 1.16. The first-order valence-corrected chi connectivity index (χ1v) is 3.63. The molecule has 0 aliphatic carbocycles. The van der Waals surface area contributed by atoms with Gasteiger partial charge in [0, 0.05) is 11.8 Å². The lowest BCUT2D eigenvalue weighted by atomic mass is 10.1. The van der Waals surface area contributed by atoms with Gasteiger partial charge in [-0.1, -0.05) is 13.8 Å². The summed E-state index contributed by atoms with van der Waals surface area (Å²) in [7, 11) is 1.97. The number of thiol groups is 1. The zero-order valence-electron chi connectivity index (χ0n) is 5.81. The molecule has 0 saturated heterocycles. The van der Waals surface area contributed by atoms with Crippen molar-refractivity contribution in [2.75, 3.05) is 12.8 Å². The summed E-state index contributed by atoms with van der Waals surface area (Å²) in [6, 6.07) is 0.568. The minimum absolute atomic E-state index is 0.568. The molecule has 2 heteroatoms. The lowest BCUT2D eigenvalue weighted by Gasteiger charge is -2.16. The molecule has 50 valence electrons. The molecule has 0 aromatic rings. The SMILES string of the molecule is CNC(CS)C(C)C. The van der Waals surface area contributed by atoms with E-state index >= 15 is 0 Å². The Labute approximate surface area is 57.3 Å². The third-order valence-electron chi connectivity index (χ3n) is 1.37. The van der Waals surface area contributed by atoms with Gasteiger partial charge in [-0.15, -0.1) is 0 Å². The van der Waals surface area contributed by atoms with Gasteiger partial charge in [-0.25, -0.2) is 0 Å². The first-order chi connectivity index (χ1) is 3.72. The Morgan fingerprint density at radius 2 is 2.00 bits per heavy atom. The highest BCUT2D eigenvalue weighted by atomic mass is 32.1. The third-order valence-corrected chi connectivity index (χ3v) is 1.77. The molecule has 8 heavy (non-hydrogen) atoms. The molecule has 0 aromatic carbocycles. The van der Waals surface area contributed by atoms with Gasteiger partial charge in [0.15, 0.2) is 0 Å². The van der Waals surface area contributed by atoms with Crippen LogP contribution in [0.4, 0.5) is 0 Å². The topological polar surface area (TPSA) is 12.0 Å². The van der Waals surface area contributed by atoms with E-state index in [2.05, 4.69) is 31.8 Å². The summed E-state index contributed by atoms with van der Waals surface area (Å²) >= 11 is 4.17. The van der Waals surface area contributed by atoms with Gasteiger partial charge >= 0.3 is 0 Å². The second-order valence-corrected chi connectivity index (χ2v) is 2.69. The summed E-state index contributed by atoms with van der Waals surface area (Å²) in [6.07, 6.45) is 0. The summed E-state index contributed by atoms with van der Waals surface area (Å²) in [5.41, 5.74) is 0. The van der Waals surface area contributed by atoms with Gasteiger partial charge < -0.3 is 5.32 Å². The van der Waals surface area contributed by atoms with Gasteiger partial charge in [-0.3, -0.25) is 0 Å². The normalized spacial score (nSPS) is 14.6. The van der Waals surface area contributed by atoms with Crippen LogP contribution in [-0.2, 0) is 0 Å². The van der Waals surface area contributed by atoms with Gasteiger partial charge in [0.2, 0.25) is 0 Å². The highest BCUT2D eigenvalue weighted by Crippen LogP contribution is 2.01. The van der Waals surface area contributed by atoms with Crippen LogP contribution in [0.2, 0.25) is 0 Å². The van der Waals surface area contributed by atoms with E-state index in [9.17, 15) is 0 Å². The third kappa shape index (κ3) is 2.58. The molecule has 1 atom stereocenters. The van der Waals surface area contributed by atoms with Crippen molar-refractivity contribution >= 4 is 12.6 Å². The van der Waals surface area contributed by atoms with Crippen molar-refractivity contribution in [2.24, 2.45) is 5.92 Å². The van der Waals surface area contributed by atoms with Crippen LogP contribution in [0.3, 0.4) is 0 Å². The molecule has 0 saturated carbocycles. The van der Waals surface area contributed by atoms with Gasteiger partial charge in [0.1, 0.15) is 0 Å². The largest absolute Gasteiger partial charge is 0.316 e. The van der Waals surface area contributed by atoms with E-state index in [-0.39, 0.29) is 0 Å². The number of nitrogens with one attached hydrogen (secondary N) is 1. The van der Waals surface area contributed by atoms with Crippen LogP contribution in [0, 0.1) is 5.92 Å². The van der Waals surface area contributed by atoms with Crippen LogP contribution >= 0.6 is 12.6 Å². The Bertz CT molecular complexity index is 50.5. The second-order valence-electron chi connectivity index (χ2n) is 2.32. The van der Waals surface area contributed by atoms with Crippen molar-refractivity contribution in [2.45, 2.75) is 19.9 Å². The van der Waals surface area contributed by atoms with Crippen molar-refractivity contribution in [3.8, 4) is 0 Å². The summed E-state index contributed by atoms with van der Waals surface area (Å²) in [4.78, 5) is 0. The van der Waals surface area contributed by atoms with Crippen molar-refractivity contribution in [3.63, 3.8) is 0 Å². The lowest BCUT2D eigenvalue weighted by molar-refractivity contribution is 0.466. The Balaban J connectivity index is 3.35. The number of hydrogen-bond acceptors (Lipinski definition) is 2. The van der Waals surface area contributed by atoms with E-state index in [1.165, 1.54) is 0 Å². The average molecular weight is 133 g/mol. The van der Waals surface area contributed by atoms with Gasteiger partial charge in [0.25, 0.3) is 0 Å². The molecule has 0 aliphatic rings. The first-order valence-electron chi connectivity index (χ1n) is 3.00. The van der Waals surface area contributed by atoms with Crippen LogP contribution in [0.5, 0.6) is 0 Å². The summed E-state index contributed by atoms with van der Waals surface area (Å²) < 4.78 is 0. The summed E-state index contributed by atoms with van der Waals surface area (Å²) in [5, 5.41) is 3.17. The zero-order valence-corrected chi connectivity index (χ0v) is 6.70. The molecule has 0 rings (SSSR count). The molecule has 1 N–H and O–H groups in total. The highest BCUT2D eigenvalue weighted by Gasteiger charge is 2.06. The van der Waals surface area contributed by atoms with Crippen LogP contribution in [0.15, 0.2) is 0 Å². The molecule has 1 nitrogen and oxygen atoms in total. The Kier molecular flexibility index (Phi) is 4.38. The highest BCUT2D eigenvalue weighted by molar-refractivity contribution is 7.80.